The van der Waals surface area contributed by atoms with Crippen LogP contribution >= 0.6 is 0 Å². The first-order chi connectivity index (χ1) is 8.47. The van der Waals surface area contributed by atoms with Crippen molar-refractivity contribution in [2.75, 3.05) is 18.4 Å². The summed E-state index contributed by atoms with van der Waals surface area (Å²) < 4.78 is 51.5. The molecule has 0 bridgehead atoms. The van der Waals surface area contributed by atoms with Crippen LogP contribution in [-0.4, -0.2) is 24.0 Å². The largest absolute Gasteiger partial charge is 0.371 e. The van der Waals surface area contributed by atoms with Crippen molar-refractivity contribution in [2.45, 2.75) is 0 Å². The number of terminal acetylenes is 1. The molecule has 1 aromatic heterocycles. The second-order valence-electron chi connectivity index (χ2n) is 3.03. The fraction of sp³-hybridized carbons (Fsp3) is 0.200. The Balaban J connectivity index is 2.79. The zero-order chi connectivity index (χ0) is 13.7. The van der Waals surface area contributed by atoms with Crippen LogP contribution in [0.3, 0.4) is 0 Å². The van der Waals surface area contributed by atoms with Crippen molar-refractivity contribution in [1.29, 1.82) is 0 Å². The highest BCUT2D eigenvalue weighted by molar-refractivity contribution is 5.80. The fourth-order valence-corrected chi connectivity index (χ4v) is 1.02. The highest BCUT2D eigenvalue weighted by atomic mass is 19.2. The smallest absolute Gasteiger partial charge is 0.253 e. The van der Waals surface area contributed by atoms with Gasteiger partial charge in [0.05, 0.1) is 13.1 Å². The van der Waals surface area contributed by atoms with Gasteiger partial charge in [-0.1, -0.05) is 5.92 Å². The quantitative estimate of drug-likeness (QED) is 0.479. The number of nitrogens with one attached hydrogen (secondary N) is 2. The Kier molecular flexibility index (Phi) is 4.48. The Bertz CT molecular complexity index is 487. The molecule has 0 spiro atoms. The predicted octanol–water partition coefficient (Wildman–Crippen LogP) is 0.799. The number of carbonyl (C=O) groups is 1. The number of anilines is 1. The van der Waals surface area contributed by atoms with Crippen LogP contribution in [-0.2, 0) is 4.79 Å². The van der Waals surface area contributed by atoms with Crippen molar-refractivity contribution < 1.29 is 22.4 Å². The molecule has 1 aromatic rings. The summed E-state index contributed by atoms with van der Waals surface area (Å²) in [4.78, 5) is 13.4. The Labute approximate surface area is 99.4 Å². The number of amides is 1. The van der Waals surface area contributed by atoms with Crippen molar-refractivity contribution in [3.05, 3.63) is 23.5 Å². The highest BCUT2D eigenvalue weighted by Gasteiger charge is 2.20. The first-order valence-electron chi connectivity index (χ1n) is 4.61. The Morgan fingerprint density at radius 3 is 2.28 bits per heavy atom. The lowest BCUT2D eigenvalue weighted by atomic mass is 10.3. The van der Waals surface area contributed by atoms with Crippen molar-refractivity contribution >= 4 is 11.6 Å². The monoisotopic (exact) mass is 261 g/mol. The maximum atomic E-state index is 13.1. The van der Waals surface area contributed by atoms with Gasteiger partial charge in [0.2, 0.25) is 17.5 Å². The summed E-state index contributed by atoms with van der Waals surface area (Å²) in [5, 5.41) is 4.11. The first kappa shape index (κ1) is 13.8. The maximum Gasteiger partial charge on any atom is 0.253 e. The van der Waals surface area contributed by atoms with Gasteiger partial charge in [0.15, 0.2) is 0 Å². The van der Waals surface area contributed by atoms with Crippen molar-refractivity contribution in [1.82, 2.24) is 10.3 Å². The van der Waals surface area contributed by atoms with E-state index in [1.807, 2.05) is 5.32 Å². The van der Waals surface area contributed by atoms with E-state index in [1.165, 1.54) is 0 Å². The minimum atomic E-state index is -1.81. The predicted molar refractivity (Wildman–Crippen MR) is 54.4 cm³/mol. The summed E-state index contributed by atoms with van der Waals surface area (Å²) in [5.41, 5.74) is -1.10. The van der Waals surface area contributed by atoms with E-state index in [0.29, 0.717) is 0 Å². The van der Waals surface area contributed by atoms with Gasteiger partial charge >= 0.3 is 0 Å². The molecule has 1 rings (SSSR count). The van der Waals surface area contributed by atoms with Crippen molar-refractivity contribution in [2.24, 2.45) is 0 Å². The minimum absolute atomic E-state index is 0.0788. The molecule has 0 saturated heterocycles. The Morgan fingerprint density at radius 1 is 1.22 bits per heavy atom. The van der Waals surface area contributed by atoms with E-state index in [0.717, 1.165) is 0 Å². The molecule has 0 aliphatic carbocycles. The summed E-state index contributed by atoms with van der Waals surface area (Å²) in [7, 11) is 0. The molecule has 0 unspecified atom stereocenters. The van der Waals surface area contributed by atoms with Crippen LogP contribution in [0, 0.1) is 35.9 Å². The van der Waals surface area contributed by atoms with Gasteiger partial charge in [0, 0.05) is 0 Å². The zero-order valence-corrected chi connectivity index (χ0v) is 8.86. The van der Waals surface area contributed by atoms with E-state index < -0.39 is 41.7 Å². The molecule has 0 fully saturated rings. The molecule has 0 aliphatic heterocycles. The van der Waals surface area contributed by atoms with Crippen LogP contribution in [0.2, 0.25) is 0 Å². The second kappa shape index (κ2) is 5.86. The van der Waals surface area contributed by atoms with E-state index in [-0.39, 0.29) is 6.54 Å². The van der Waals surface area contributed by atoms with Gasteiger partial charge in [0.25, 0.3) is 11.9 Å². The van der Waals surface area contributed by atoms with E-state index in [9.17, 15) is 22.4 Å². The van der Waals surface area contributed by atoms with Crippen LogP contribution in [0.25, 0.3) is 0 Å². The number of carbonyl (C=O) groups excluding carboxylic acids is 1. The Morgan fingerprint density at radius 2 is 1.78 bits per heavy atom. The van der Waals surface area contributed by atoms with Gasteiger partial charge in [-0.3, -0.25) is 4.79 Å². The summed E-state index contributed by atoms with van der Waals surface area (Å²) in [6.45, 7) is -0.678. The third-order valence-corrected chi connectivity index (χ3v) is 1.81. The zero-order valence-electron chi connectivity index (χ0n) is 8.86. The summed E-state index contributed by atoms with van der Waals surface area (Å²) in [5.74, 6) is -5.62. The van der Waals surface area contributed by atoms with Crippen molar-refractivity contribution in [3.63, 3.8) is 0 Å². The molecule has 2 N–H and O–H groups in total. The lowest BCUT2D eigenvalue weighted by Crippen LogP contribution is -2.30. The maximum absolute atomic E-state index is 13.1. The number of pyridine rings is 1. The SMILES string of the molecule is C#CCNC(=O)CNc1c(F)c(F)nc(F)c1F. The molecule has 1 heterocycles. The summed E-state index contributed by atoms with van der Waals surface area (Å²) >= 11 is 0. The molecule has 18 heavy (non-hydrogen) atoms. The van der Waals surface area contributed by atoms with Gasteiger partial charge in [-0.05, 0) is 0 Å². The first-order valence-corrected chi connectivity index (χ1v) is 4.61. The van der Waals surface area contributed by atoms with E-state index in [1.54, 1.807) is 0 Å². The van der Waals surface area contributed by atoms with E-state index in [2.05, 4.69) is 16.2 Å². The van der Waals surface area contributed by atoms with Gasteiger partial charge in [0.1, 0.15) is 5.69 Å². The van der Waals surface area contributed by atoms with Crippen LogP contribution in [0.1, 0.15) is 0 Å². The highest BCUT2D eigenvalue weighted by Crippen LogP contribution is 2.21. The fourth-order valence-electron chi connectivity index (χ4n) is 1.02. The van der Waals surface area contributed by atoms with Gasteiger partial charge in [-0.2, -0.15) is 22.5 Å². The van der Waals surface area contributed by atoms with Crippen molar-refractivity contribution in [3.8, 4) is 12.3 Å². The normalized spacial score (nSPS) is 9.72. The van der Waals surface area contributed by atoms with E-state index >= 15 is 0 Å². The van der Waals surface area contributed by atoms with Crippen LogP contribution in [0.15, 0.2) is 0 Å². The molecule has 0 saturated carbocycles. The third kappa shape index (κ3) is 3.10. The molecule has 0 radical (unpaired) electrons. The number of hydrogen-bond donors (Lipinski definition) is 2. The molecule has 4 nitrogen and oxygen atoms in total. The molecule has 0 aliphatic rings. The molecular weight excluding hydrogens is 254 g/mol. The summed E-state index contributed by atoms with van der Waals surface area (Å²) in [6.07, 6.45) is 4.86. The number of nitrogens with zero attached hydrogens (tertiary/aromatic N) is 1. The van der Waals surface area contributed by atoms with Crippen LogP contribution in [0.5, 0.6) is 0 Å². The number of hydrogen-bond acceptors (Lipinski definition) is 3. The number of halogens is 4. The Hall–Kier alpha value is -2.30. The standard InChI is InChI=1S/C10H7F4N3O/c1-2-3-15-5(18)4-16-8-6(11)9(13)17-10(14)7(8)12/h1H,3-4H2,(H,15,18)(H,16,17). The molecule has 0 aromatic carbocycles. The molecule has 0 atom stereocenters. The third-order valence-electron chi connectivity index (χ3n) is 1.81. The summed E-state index contributed by atoms with van der Waals surface area (Å²) in [6, 6.07) is 0. The molecule has 96 valence electrons. The molecule has 8 heteroatoms. The number of rotatable bonds is 4. The molecule has 1 amide bonds. The lowest BCUT2D eigenvalue weighted by Gasteiger charge is -2.08. The van der Waals surface area contributed by atoms with Gasteiger partial charge < -0.3 is 10.6 Å². The van der Waals surface area contributed by atoms with Gasteiger partial charge in [-0.25, -0.2) is 0 Å². The lowest BCUT2D eigenvalue weighted by molar-refractivity contribution is -0.119. The second-order valence-corrected chi connectivity index (χ2v) is 3.03. The van der Waals surface area contributed by atoms with E-state index in [4.69, 9.17) is 6.42 Å². The average Bonchev–Trinajstić information content (AvgIpc) is 2.34. The number of aromatic nitrogens is 1. The molecular formula is C10H7F4N3O. The van der Waals surface area contributed by atoms with Crippen LogP contribution < -0.4 is 10.6 Å². The minimum Gasteiger partial charge on any atom is -0.371 e. The topological polar surface area (TPSA) is 54.0 Å². The van der Waals surface area contributed by atoms with Crippen LogP contribution in [0.4, 0.5) is 23.2 Å². The van der Waals surface area contributed by atoms with Gasteiger partial charge in [-0.15, -0.1) is 6.42 Å². The average molecular weight is 261 g/mol.